The molecule has 6 rings (SSSR count). The van der Waals surface area contributed by atoms with Gasteiger partial charge in [0, 0.05) is 33.4 Å². The maximum Gasteiger partial charge on any atom is 0.156 e. The molecule has 5 aromatic rings. The first-order chi connectivity index (χ1) is 15.4. The Balaban J connectivity index is 1.62. The standard InChI is InChI=1S/C27H22ClNO3/c1-27(2)20-12-14(30-3)8-10-16(20)25-22(27)18-6-5-7-19(24(18)29-25)26-23(28)17-11-9-15(31-4)13-21(17)32-26/h5-13,29H,1-4H3. The van der Waals surface area contributed by atoms with Crippen LogP contribution in [0.3, 0.4) is 0 Å². The molecule has 0 atom stereocenters. The average molecular weight is 444 g/mol. The minimum Gasteiger partial charge on any atom is -0.497 e. The molecule has 1 aliphatic rings. The molecule has 2 heterocycles. The van der Waals surface area contributed by atoms with Crippen LogP contribution >= 0.6 is 11.6 Å². The number of aromatic amines is 1. The van der Waals surface area contributed by atoms with Crippen LogP contribution in [-0.4, -0.2) is 19.2 Å². The lowest BCUT2D eigenvalue weighted by molar-refractivity contribution is 0.413. The van der Waals surface area contributed by atoms with E-state index in [4.69, 9.17) is 25.5 Å². The van der Waals surface area contributed by atoms with Crippen LogP contribution in [0.25, 0.3) is 44.5 Å². The number of benzene rings is 3. The van der Waals surface area contributed by atoms with Crippen LogP contribution < -0.4 is 9.47 Å². The van der Waals surface area contributed by atoms with Crippen molar-refractivity contribution in [1.82, 2.24) is 4.98 Å². The van der Waals surface area contributed by atoms with Gasteiger partial charge in [0.25, 0.3) is 0 Å². The number of ether oxygens (including phenoxy) is 2. The molecule has 1 aliphatic carbocycles. The van der Waals surface area contributed by atoms with E-state index in [1.165, 1.54) is 22.1 Å². The van der Waals surface area contributed by atoms with Crippen LogP contribution in [0.15, 0.2) is 59.0 Å². The van der Waals surface area contributed by atoms with Crippen LogP contribution in [-0.2, 0) is 5.41 Å². The van der Waals surface area contributed by atoms with Gasteiger partial charge >= 0.3 is 0 Å². The molecule has 0 radical (unpaired) electrons. The topological polar surface area (TPSA) is 47.4 Å². The molecular formula is C27H22ClNO3. The van der Waals surface area contributed by atoms with Crippen molar-refractivity contribution in [2.75, 3.05) is 14.2 Å². The summed E-state index contributed by atoms with van der Waals surface area (Å²) in [4.78, 5) is 3.70. The van der Waals surface area contributed by atoms with Gasteiger partial charge in [-0.3, -0.25) is 0 Å². The highest BCUT2D eigenvalue weighted by atomic mass is 35.5. The summed E-state index contributed by atoms with van der Waals surface area (Å²) in [5.74, 6) is 2.27. The molecule has 3 aromatic carbocycles. The first-order valence-corrected chi connectivity index (χ1v) is 10.9. The van der Waals surface area contributed by atoms with Crippen molar-refractivity contribution >= 4 is 33.5 Å². The first kappa shape index (κ1) is 19.3. The molecule has 0 amide bonds. The highest BCUT2D eigenvalue weighted by molar-refractivity contribution is 6.38. The molecule has 1 N–H and O–H groups in total. The number of para-hydroxylation sites is 1. The van der Waals surface area contributed by atoms with E-state index in [1.807, 2.05) is 24.3 Å². The van der Waals surface area contributed by atoms with Gasteiger partial charge in [-0.1, -0.05) is 37.6 Å². The molecule has 0 saturated heterocycles. The molecule has 0 unspecified atom stereocenters. The maximum absolute atomic E-state index is 6.79. The zero-order chi connectivity index (χ0) is 22.2. The van der Waals surface area contributed by atoms with Gasteiger partial charge in [0.05, 0.1) is 30.5 Å². The fourth-order valence-corrected chi connectivity index (χ4v) is 5.42. The molecule has 0 aliphatic heterocycles. The number of fused-ring (bicyclic) bond motifs is 6. The van der Waals surface area contributed by atoms with Crippen molar-refractivity contribution in [3.8, 4) is 34.1 Å². The second-order valence-electron chi connectivity index (χ2n) is 8.75. The summed E-state index contributed by atoms with van der Waals surface area (Å²) in [7, 11) is 3.35. The van der Waals surface area contributed by atoms with E-state index in [1.54, 1.807) is 14.2 Å². The van der Waals surface area contributed by atoms with E-state index in [-0.39, 0.29) is 5.41 Å². The number of halogens is 1. The number of hydrogen-bond acceptors (Lipinski definition) is 3. The number of H-pyrrole nitrogens is 1. The lowest BCUT2D eigenvalue weighted by Gasteiger charge is -2.22. The number of hydrogen-bond donors (Lipinski definition) is 1. The summed E-state index contributed by atoms with van der Waals surface area (Å²) in [6, 6.07) is 18.3. The minimum absolute atomic E-state index is 0.166. The molecule has 160 valence electrons. The van der Waals surface area contributed by atoms with E-state index in [2.05, 4.69) is 49.2 Å². The zero-order valence-electron chi connectivity index (χ0n) is 18.3. The lowest BCUT2D eigenvalue weighted by atomic mass is 9.81. The van der Waals surface area contributed by atoms with Gasteiger partial charge < -0.3 is 18.9 Å². The number of furan rings is 1. The van der Waals surface area contributed by atoms with Crippen molar-refractivity contribution in [3.63, 3.8) is 0 Å². The summed E-state index contributed by atoms with van der Waals surface area (Å²) in [5, 5.41) is 2.65. The van der Waals surface area contributed by atoms with E-state index < -0.39 is 0 Å². The van der Waals surface area contributed by atoms with Crippen LogP contribution in [0.5, 0.6) is 11.5 Å². The summed E-state index contributed by atoms with van der Waals surface area (Å²) >= 11 is 6.79. The molecule has 5 heteroatoms. The molecule has 0 bridgehead atoms. The Kier molecular flexibility index (Phi) is 3.96. The van der Waals surface area contributed by atoms with Gasteiger partial charge in [-0.2, -0.15) is 0 Å². The third kappa shape index (κ3) is 2.44. The Hall–Kier alpha value is -3.37. The second kappa shape index (κ2) is 6.57. The van der Waals surface area contributed by atoms with Crippen molar-refractivity contribution in [1.29, 1.82) is 0 Å². The third-order valence-corrected chi connectivity index (χ3v) is 7.08. The lowest BCUT2D eigenvalue weighted by Crippen LogP contribution is -2.15. The summed E-state index contributed by atoms with van der Waals surface area (Å²) in [6.07, 6.45) is 0. The Morgan fingerprint density at radius 2 is 1.62 bits per heavy atom. The number of methoxy groups -OCH3 is 2. The highest BCUT2D eigenvalue weighted by Gasteiger charge is 2.39. The molecule has 2 aromatic heterocycles. The quantitative estimate of drug-likeness (QED) is 0.313. The highest BCUT2D eigenvalue weighted by Crippen LogP contribution is 2.53. The van der Waals surface area contributed by atoms with Crippen LogP contribution in [0.1, 0.15) is 25.0 Å². The van der Waals surface area contributed by atoms with Gasteiger partial charge in [0.15, 0.2) is 5.76 Å². The summed E-state index contributed by atoms with van der Waals surface area (Å²) in [5.41, 5.74) is 7.41. The van der Waals surface area contributed by atoms with E-state index in [9.17, 15) is 0 Å². The fourth-order valence-electron chi connectivity index (χ4n) is 5.12. The third-order valence-electron chi connectivity index (χ3n) is 6.71. The number of rotatable bonds is 3. The largest absolute Gasteiger partial charge is 0.497 e. The van der Waals surface area contributed by atoms with E-state index >= 15 is 0 Å². The van der Waals surface area contributed by atoms with Gasteiger partial charge in [-0.25, -0.2) is 0 Å². The second-order valence-corrected chi connectivity index (χ2v) is 9.12. The SMILES string of the molecule is COc1ccc2c(c1)C(C)(C)c1c-2[nH]c2c(-c3oc4cc(OC)ccc4c3Cl)cccc12. The molecule has 0 saturated carbocycles. The monoisotopic (exact) mass is 443 g/mol. The van der Waals surface area contributed by atoms with Crippen LogP contribution in [0.4, 0.5) is 0 Å². The van der Waals surface area contributed by atoms with Gasteiger partial charge in [0.1, 0.15) is 17.1 Å². The Morgan fingerprint density at radius 1 is 0.875 bits per heavy atom. The van der Waals surface area contributed by atoms with Crippen molar-refractivity contribution in [2.45, 2.75) is 19.3 Å². The van der Waals surface area contributed by atoms with Crippen LogP contribution in [0, 0.1) is 0 Å². The van der Waals surface area contributed by atoms with E-state index in [0.29, 0.717) is 16.4 Å². The molecule has 32 heavy (non-hydrogen) atoms. The van der Waals surface area contributed by atoms with Crippen LogP contribution in [0.2, 0.25) is 5.02 Å². The Labute approximate surface area is 190 Å². The maximum atomic E-state index is 6.79. The average Bonchev–Trinajstić information content (AvgIpc) is 3.42. The predicted molar refractivity (Wildman–Crippen MR) is 129 cm³/mol. The van der Waals surface area contributed by atoms with Crippen molar-refractivity contribution in [3.05, 3.63) is 70.7 Å². The Morgan fingerprint density at radius 3 is 2.41 bits per heavy atom. The summed E-state index contributed by atoms with van der Waals surface area (Å²) < 4.78 is 17.1. The van der Waals surface area contributed by atoms with E-state index in [0.717, 1.165) is 33.7 Å². The van der Waals surface area contributed by atoms with Crippen molar-refractivity contribution in [2.24, 2.45) is 0 Å². The Bertz CT molecular complexity index is 1540. The number of nitrogens with one attached hydrogen (secondary N) is 1. The van der Waals surface area contributed by atoms with Gasteiger partial charge in [0.2, 0.25) is 0 Å². The molecule has 0 fully saturated rings. The molecular weight excluding hydrogens is 422 g/mol. The fraction of sp³-hybridized carbons (Fsp3) is 0.185. The smallest absolute Gasteiger partial charge is 0.156 e. The zero-order valence-corrected chi connectivity index (χ0v) is 19.1. The normalized spacial score (nSPS) is 14.0. The molecule has 0 spiro atoms. The first-order valence-electron chi connectivity index (χ1n) is 10.5. The van der Waals surface area contributed by atoms with Crippen molar-refractivity contribution < 1.29 is 13.9 Å². The summed E-state index contributed by atoms with van der Waals surface area (Å²) in [6.45, 7) is 4.52. The van der Waals surface area contributed by atoms with Gasteiger partial charge in [-0.15, -0.1) is 0 Å². The predicted octanol–water partition coefficient (Wildman–Crippen LogP) is 7.56. The number of aromatic nitrogens is 1. The minimum atomic E-state index is -0.166. The van der Waals surface area contributed by atoms with Gasteiger partial charge in [-0.05, 0) is 47.5 Å². The molecule has 4 nitrogen and oxygen atoms in total.